The number of carbonyl (C=O) groups excluding carboxylic acids is 2. The number of fused-ring (bicyclic) bond motifs is 1. The fraction of sp³-hybridized carbons (Fsp3) is 0.143. The van der Waals surface area contributed by atoms with Gasteiger partial charge in [0, 0.05) is 23.9 Å². The van der Waals surface area contributed by atoms with E-state index < -0.39 is 0 Å². The van der Waals surface area contributed by atoms with Crippen molar-refractivity contribution >= 4 is 23.2 Å². The van der Waals surface area contributed by atoms with Crippen LogP contribution in [0, 0.1) is 0 Å². The maximum Gasteiger partial charge on any atom is 0.270 e. The molecule has 29 heavy (non-hydrogen) atoms. The summed E-state index contributed by atoms with van der Waals surface area (Å²) in [5.41, 5.74) is 2.51. The Hall–Kier alpha value is -3.94. The zero-order valence-corrected chi connectivity index (χ0v) is 15.6. The van der Waals surface area contributed by atoms with Crippen LogP contribution >= 0.6 is 0 Å². The lowest BCUT2D eigenvalue weighted by Gasteiger charge is -2.08. The molecule has 2 aromatic carbocycles. The van der Waals surface area contributed by atoms with Gasteiger partial charge in [0.15, 0.2) is 17.3 Å². The average molecular weight is 390 g/mol. The molecule has 0 fully saturated rings. The van der Waals surface area contributed by atoms with Gasteiger partial charge in [-0.2, -0.15) is 0 Å². The van der Waals surface area contributed by atoms with E-state index in [1.54, 1.807) is 30.3 Å². The van der Waals surface area contributed by atoms with Crippen LogP contribution in [0.2, 0.25) is 0 Å². The topological polar surface area (TPSA) is 102 Å². The lowest BCUT2D eigenvalue weighted by Crippen LogP contribution is -2.24. The number of anilines is 2. The van der Waals surface area contributed by atoms with Gasteiger partial charge in [-0.3, -0.25) is 9.59 Å². The van der Waals surface area contributed by atoms with Crippen LogP contribution in [0.25, 0.3) is 0 Å². The third-order valence-electron chi connectivity index (χ3n) is 4.35. The summed E-state index contributed by atoms with van der Waals surface area (Å²) in [6, 6.07) is 14.1. The van der Waals surface area contributed by atoms with Crippen molar-refractivity contribution in [3.63, 3.8) is 0 Å². The molecule has 3 aromatic rings. The van der Waals surface area contributed by atoms with Gasteiger partial charge in [-0.1, -0.05) is 6.07 Å². The number of carbonyl (C=O) groups is 2. The molecule has 1 amide bonds. The molecule has 8 heteroatoms. The summed E-state index contributed by atoms with van der Waals surface area (Å²) in [6.45, 7) is 2.05. The summed E-state index contributed by atoms with van der Waals surface area (Å²) >= 11 is 0. The molecule has 0 bridgehead atoms. The molecule has 0 saturated carbocycles. The van der Waals surface area contributed by atoms with Crippen molar-refractivity contribution in [3.05, 3.63) is 71.7 Å². The van der Waals surface area contributed by atoms with E-state index in [1.807, 2.05) is 18.2 Å². The fourth-order valence-corrected chi connectivity index (χ4v) is 2.81. The molecule has 4 rings (SSSR count). The second-order valence-electron chi connectivity index (χ2n) is 6.42. The van der Waals surface area contributed by atoms with Crippen LogP contribution in [-0.4, -0.2) is 28.5 Å². The predicted molar refractivity (Wildman–Crippen MR) is 105 cm³/mol. The summed E-state index contributed by atoms with van der Waals surface area (Å²) < 4.78 is 10.6. The number of amides is 1. The highest BCUT2D eigenvalue weighted by molar-refractivity contribution is 5.94. The van der Waals surface area contributed by atoms with E-state index >= 15 is 0 Å². The number of benzene rings is 2. The van der Waals surface area contributed by atoms with Gasteiger partial charge in [-0.05, 0) is 48.9 Å². The summed E-state index contributed by atoms with van der Waals surface area (Å²) in [5, 5.41) is 5.92. The molecule has 8 nitrogen and oxygen atoms in total. The zero-order valence-electron chi connectivity index (χ0n) is 15.6. The van der Waals surface area contributed by atoms with Gasteiger partial charge in [-0.15, -0.1) is 0 Å². The number of nitrogens with zero attached hydrogens (tertiary/aromatic N) is 2. The normalized spacial score (nSPS) is 11.8. The molecule has 0 saturated heterocycles. The molecule has 0 spiro atoms. The van der Waals surface area contributed by atoms with Crippen molar-refractivity contribution in [2.75, 3.05) is 12.1 Å². The monoisotopic (exact) mass is 390 g/mol. The zero-order chi connectivity index (χ0) is 20.2. The van der Waals surface area contributed by atoms with Crippen LogP contribution in [0.4, 0.5) is 11.5 Å². The van der Waals surface area contributed by atoms with E-state index in [4.69, 9.17) is 9.47 Å². The SMILES string of the molecule is CC(=O)c1ccc(Nc2cc(C(=O)NCc3ccc4c(c3)OCO4)ncn2)cc1. The number of ketones is 1. The number of rotatable bonds is 6. The first-order valence-electron chi connectivity index (χ1n) is 8.95. The van der Waals surface area contributed by atoms with Crippen LogP contribution in [0.5, 0.6) is 11.5 Å². The van der Waals surface area contributed by atoms with E-state index in [9.17, 15) is 9.59 Å². The van der Waals surface area contributed by atoms with Crippen molar-refractivity contribution in [2.24, 2.45) is 0 Å². The van der Waals surface area contributed by atoms with E-state index in [1.165, 1.54) is 13.3 Å². The highest BCUT2D eigenvalue weighted by atomic mass is 16.7. The molecular formula is C21H18N4O4. The fourth-order valence-electron chi connectivity index (χ4n) is 2.81. The van der Waals surface area contributed by atoms with E-state index in [-0.39, 0.29) is 24.2 Å². The average Bonchev–Trinajstić information content (AvgIpc) is 3.20. The van der Waals surface area contributed by atoms with Gasteiger partial charge in [0.2, 0.25) is 6.79 Å². The first-order valence-corrected chi connectivity index (χ1v) is 8.95. The molecule has 0 aliphatic carbocycles. The largest absolute Gasteiger partial charge is 0.454 e. The number of Topliss-reactive ketones (excluding diaryl/α,β-unsaturated/α-hetero) is 1. The van der Waals surface area contributed by atoms with Gasteiger partial charge in [0.05, 0.1) is 0 Å². The second kappa shape index (κ2) is 7.97. The van der Waals surface area contributed by atoms with Gasteiger partial charge < -0.3 is 20.1 Å². The number of hydrogen-bond acceptors (Lipinski definition) is 7. The first kappa shape index (κ1) is 18.4. The van der Waals surface area contributed by atoms with Crippen molar-refractivity contribution in [1.29, 1.82) is 0 Å². The number of ether oxygens (including phenoxy) is 2. The molecule has 0 unspecified atom stereocenters. The van der Waals surface area contributed by atoms with Crippen LogP contribution in [0.15, 0.2) is 54.9 Å². The van der Waals surface area contributed by atoms with Gasteiger partial charge in [-0.25, -0.2) is 9.97 Å². The van der Waals surface area contributed by atoms with Crippen molar-refractivity contribution < 1.29 is 19.1 Å². The van der Waals surface area contributed by atoms with Crippen molar-refractivity contribution in [1.82, 2.24) is 15.3 Å². The Balaban J connectivity index is 1.39. The summed E-state index contributed by atoms with van der Waals surface area (Å²) in [6.07, 6.45) is 1.32. The summed E-state index contributed by atoms with van der Waals surface area (Å²) in [4.78, 5) is 32.0. The Morgan fingerprint density at radius 1 is 1.00 bits per heavy atom. The van der Waals surface area contributed by atoms with Gasteiger partial charge in [0.25, 0.3) is 5.91 Å². The number of hydrogen-bond donors (Lipinski definition) is 2. The number of nitrogens with one attached hydrogen (secondary N) is 2. The Labute approximate surface area is 166 Å². The molecule has 1 aliphatic rings. The molecule has 2 heterocycles. The van der Waals surface area contributed by atoms with E-state index in [2.05, 4.69) is 20.6 Å². The maximum atomic E-state index is 12.5. The molecule has 0 atom stereocenters. The Morgan fingerprint density at radius 2 is 1.79 bits per heavy atom. The quantitative estimate of drug-likeness (QED) is 0.624. The molecule has 1 aliphatic heterocycles. The lowest BCUT2D eigenvalue weighted by atomic mass is 10.1. The lowest BCUT2D eigenvalue weighted by molar-refractivity contribution is 0.0944. The Kier molecular flexibility index (Phi) is 5.07. The highest BCUT2D eigenvalue weighted by Gasteiger charge is 2.14. The summed E-state index contributed by atoms with van der Waals surface area (Å²) in [7, 11) is 0. The first-order chi connectivity index (χ1) is 14.1. The molecule has 1 aromatic heterocycles. The molecule has 146 valence electrons. The highest BCUT2D eigenvalue weighted by Crippen LogP contribution is 2.32. The minimum absolute atomic E-state index is 0.00000279. The summed E-state index contributed by atoms with van der Waals surface area (Å²) in [5.74, 6) is 1.52. The Bertz CT molecular complexity index is 1070. The second-order valence-corrected chi connectivity index (χ2v) is 6.42. The van der Waals surface area contributed by atoms with Gasteiger partial charge in [0.1, 0.15) is 17.8 Å². The van der Waals surface area contributed by atoms with Gasteiger partial charge >= 0.3 is 0 Å². The maximum absolute atomic E-state index is 12.5. The Morgan fingerprint density at radius 3 is 2.59 bits per heavy atom. The third kappa shape index (κ3) is 4.32. The van der Waals surface area contributed by atoms with Crippen molar-refractivity contribution in [2.45, 2.75) is 13.5 Å². The van der Waals surface area contributed by atoms with Crippen LogP contribution < -0.4 is 20.1 Å². The minimum Gasteiger partial charge on any atom is -0.454 e. The predicted octanol–water partition coefficient (Wildman–Crippen LogP) is 3.08. The molecule has 2 N–H and O–H groups in total. The smallest absolute Gasteiger partial charge is 0.270 e. The minimum atomic E-state index is -0.319. The van der Waals surface area contributed by atoms with E-state index in [0.717, 1.165) is 11.3 Å². The number of aromatic nitrogens is 2. The van der Waals surface area contributed by atoms with Crippen LogP contribution in [0.1, 0.15) is 33.3 Å². The van der Waals surface area contributed by atoms with E-state index in [0.29, 0.717) is 29.4 Å². The standard InChI is InChI=1S/C21H18N4O4/c1-13(26)15-3-5-16(6-4-15)25-20-9-17(23-11-24-20)21(27)22-10-14-2-7-18-19(8-14)29-12-28-18/h2-9,11H,10,12H2,1H3,(H,22,27)(H,23,24,25). The molecule has 0 radical (unpaired) electrons. The van der Waals surface area contributed by atoms with Crippen molar-refractivity contribution in [3.8, 4) is 11.5 Å². The third-order valence-corrected chi connectivity index (χ3v) is 4.35. The molecular weight excluding hydrogens is 372 g/mol. The van der Waals surface area contributed by atoms with Crippen LogP contribution in [-0.2, 0) is 6.54 Å². The van der Waals surface area contributed by atoms with Crippen LogP contribution in [0.3, 0.4) is 0 Å².